The fourth-order valence-corrected chi connectivity index (χ4v) is 1.91. The van der Waals surface area contributed by atoms with Crippen molar-refractivity contribution >= 4 is 11.5 Å². The van der Waals surface area contributed by atoms with Gasteiger partial charge in [0.15, 0.2) is 5.82 Å². The molecule has 1 aromatic heterocycles. The van der Waals surface area contributed by atoms with Crippen LogP contribution in [-0.4, -0.2) is 24.6 Å². The highest BCUT2D eigenvalue weighted by Gasteiger charge is 2.15. The van der Waals surface area contributed by atoms with Gasteiger partial charge in [0.2, 0.25) is 0 Å². The van der Waals surface area contributed by atoms with Gasteiger partial charge in [-0.3, -0.25) is 0 Å². The minimum Gasteiger partial charge on any atom is -0.382 e. The normalized spacial score (nSPS) is 15.9. The molecule has 0 radical (unpaired) electrons. The predicted molar refractivity (Wildman–Crippen MR) is 59.8 cm³/mol. The van der Waals surface area contributed by atoms with E-state index in [0.717, 1.165) is 31.1 Å². The van der Waals surface area contributed by atoms with E-state index in [2.05, 4.69) is 28.2 Å². The fourth-order valence-electron chi connectivity index (χ4n) is 1.91. The summed E-state index contributed by atoms with van der Waals surface area (Å²) in [5.74, 6) is 1.12. The van der Waals surface area contributed by atoms with Crippen molar-refractivity contribution in [3.63, 3.8) is 0 Å². The van der Waals surface area contributed by atoms with Crippen LogP contribution in [0.25, 0.3) is 0 Å². The molecule has 1 aliphatic rings. The molecule has 0 amide bonds. The lowest BCUT2D eigenvalue weighted by atomic mass is 10.3. The first kappa shape index (κ1) is 9.31. The van der Waals surface area contributed by atoms with Crippen molar-refractivity contribution in [3.05, 3.63) is 18.3 Å². The highest BCUT2D eigenvalue weighted by atomic mass is 15.2. The molecule has 1 aliphatic heterocycles. The zero-order chi connectivity index (χ0) is 9.80. The van der Waals surface area contributed by atoms with E-state index in [4.69, 9.17) is 0 Å². The summed E-state index contributed by atoms with van der Waals surface area (Å²) in [4.78, 5) is 6.80. The summed E-state index contributed by atoms with van der Waals surface area (Å²) in [6.45, 7) is 5.36. The summed E-state index contributed by atoms with van der Waals surface area (Å²) < 4.78 is 0. The van der Waals surface area contributed by atoms with Gasteiger partial charge in [0.25, 0.3) is 0 Å². The number of hydrogen-bond acceptors (Lipinski definition) is 3. The number of aromatic nitrogens is 1. The predicted octanol–water partition coefficient (Wildman–Crippen LogP) is 2.11. The van der Waals surface area contributed by atoms with Crippen molar-refractivity contribution in [2.75, 3.05) is 29.9 Å². The van der Waals surface area contributed by atoms with Crippen molar-refractivity contribution in [1.82, 2.24) is 4.98 Å². The van der Waals surface area contributed by atoms with Crippen molar-refractivity contribution in [2.45, 2.75) is 19.8 Å². The van der Waals surface area contributed by atoms with Gasteiger partial charge in [-0.15, -0.1) is 0 Å². The summed E-state index contributed by atoms with van der Waals surface area (Å²) in [6.07, 6.45) is 4.46. The third kappa shape index (κ3) is 1.81. The zero-order valence-electron chi connectivity index (χ0n) is 8.66. The van der Waals surface area contributed by atoms with E-state index in [9.17, 15) is 0 Å². The smallest absolute Gasteiger partial charge is 0.151 e. The number of pyridine rings is 1. The number of rotatable bonds is 3. The van der Waals surface area contributed by atoms with Gasteiger partial charge < -0.3 is 10.2 Å². The van der Waals surface area contributed by atoms with Crippen molar-refractivity contribution in [2.24, 2.45) is 0 Å². The van der Waals surface area contributed by atoms with Crippen LogP contribution in [0.4, 0.5) is 11.5 Å². The van der Waals surface area contributed by atoms with Gasteiger partial charge in [-0.1, -0.05) is 0 Å². The first-order chi connectivity index (χ1) is 6.92. The van der Waals surface area contributed by atoms with Crippen LogP contribution < -0.4 is 10.2 Å². The van der Waals surface area contributed by atoms with Crippen LogP contribution in [0, 0.1) is 0 Å². The maximum absolute atomic E-state index is 4.44. The van der Waals surface area contributed by atoms with Gasteiger partial charge in [-0.05, 0) is 31.9 Å². The third-order valence-electron chi connectivity index (χ3n) is 2.56. The Morgan fingerprint density at radius 3 is 2.93 bits per heavy atom. The number of anilines is 2. The molecule has 0 aromatic carbocycles. The van der Waals surface area contributed by atoms with Crippen LogP contribution >= 0.6 is 0 Å². The molecule has 0 atom stereocenters. The second-order valence-corrected chi connectivity index (χ2v) is 3.60. The van der Waals surface area contributed by atoms with Gasteiger partial charge in [0.05, 0.1) is 5.69 Å². The Kier molecular flexibility index (Phi) is 2.87. The molecule has 14 heavy (non-hydrogen) atoms. The van der Waals surface area contributed by atoms with E-state index >= 15 is 0 Å². The molecule has 0 bridgehead atoms. The average molecular weight is 191 g/mol. The lowest BCUT2D eigenvalue weighted by molar-refractivity contribution is 0.936. The van der Waals surface area contributed by atoms with Gasteiger partial charge in [0, 0.05) is 25.8 Å². The van der Waals surface area contributed by atoms with Crippen LogP contribution in [0.3, 0.4) is 0 Å². The molecule has 1 saturated heterocycles. The number of nitrogens with zero attached hydrogens (tertiary/aromatic N) is 2. The van der Waals surface area contributed by atoms with Crippen LogP contribution in [0.5, 0.6) is 0 Å². The summed E-state index contributed by atoms with van der Waals surface area (Å²) in [5, 5.41) is 3.35. The van der Waals surface area contributed by atoms with Crippen molar-refractivity contribution in [1.29, 1.82) is 0 Å². The molecule has 3 heteroatoms. The zero-order valence-corrected chi connectivity index (χ0v) is 8.66. The SMILES string of the molecule is CCNc1cccnc1N1CCCC1. The molecule has 2 rings (SSSR count). The lowest BCUT2D eigenvalue weighted by Gasteiger charge is -2.19. The average Bonchev–Trinajstić information content (AvgIpc) is 2.72. The molecular formula is C11H17N3. The van der Waals surface area contributed by atoms with E-state index in [1.165, 1.54) is 12.8 Å². The summed E-state index contributed by atoms with van der Waals surface area (Å²) >= 11 is 0. The second kappa shape index (κ2) is 4.31. The third-order valence-corrected chi connectivity index (χ3v) is 2.56. The Balaban J connectivity index is 2.21. The van der Waals surface area contributed by atoms with Crippen LogP contribution in [-0.2, 0) is 0 Å². The number of hydrogen-bond donors (Lipinski definition) is 1. The van der Waals surface area contributed by atoms with E-state index < -0.39 is 0 Å². The van der Waals surface area contributed by atoms with Gasteiger partial charge >= 0.3 is 0 Å². The Bertz CT molecular complexity index is 292. The monoisotopic (exact) mass is 191 g/mol. The quantitative estimate of drug-likeness (QED) is 0.793. The summed E-state index contributed by atoms with van der Waals surface area (Å²) in [5.41, 5.74) is 1.16. The molecule has 1 N–H and O–H groups in total. The topological polar surface area (TPSA) is 28.2 Å². The van der Waals surface area contributed by atoms with Crippen LogP contribution in [0.1, 0.15) is 19.8 Å². The van der Waals surface area contributed by atoms with Gasteiger partial charge in [-0.25, -0.2) is 4.98 Å². The summed E-state index contributed by atoms with van der Waals surface area (Å²) in [6, 6.07) is 4.09. The summed E-state index contributed by atoms with van der Waals surface area (Å²) in [7, 11) is 0. The highest BCUT2D eigenvalue weighted by Crippen LogP contribution is 2.25. The van der Waals surface area contributed by atoms with Crippen molar-refractivity contribution in [3.8, 4) is 0 Å². The second-order valence-electron chi connectivity index (χ2n) is 3.60. The minimum atomic E-state index is 0.951. The molecule has 2 heterocycles. The highest BCUT2D eigenvalue weighted by molar-refractivity contribution is 5.65. The molecule has 0 saturated carbocycles. The first-order valence-electron chi connectivity index (χ1n) is 5.35. The van der Waals surface area contributed by atoms with E-state index in [-0.39, 0.29) is 0 Å². The Morgan fingerprint density at radius 2 is 2.21 bits per heavy atom. The molecule has 0 aliphatic carbocycles. The fraction of sp³-hybridized carbons (Fsp3) is 0.545. The Hall–Kier alpha value is -1.25. The molecule has 1 aromatic rings. The maximum Gasteiger partial charge on any atom is 0.151 e. The maximum atomic E-state index is 4.44. The molecule has 76 valence electrons. The van der Waals surface area contributed by atoms with E-state index in [1.807, 2.05) is 12.3 Å². The molecule has 0 spiro atoms. The lowest BCUT2D eigenvalue weighted by Crippen LogP contribution is -2.20. The van der Waals surface area contributed by atoms with Crippen LogP contribution in [0.2, 0.25) is 0 Å². The van der Waals surface area contributed by atoms with E-state index in [0.29, 0.717) is 0 Å². The molecule has 1 fully saturated rings. The molecular weight excluding hydrogens is 174 g/mol. The van der Waals surface area contributed by atoms with Crippen molar-refractivity contribution < 1.29 is 0 Å². The number of nitrogens with one attached hydrogen (secondary N) is 1. The first-order valence-corrected chi connectivity index (χ1v) is 5.35. The standard InChI is InChI=1S/C11H17N3/c1-2-12-10-6-5-7-13-11(10)14-8-3-4-9-14/h5-7,12H,2-4,8-9H2,1H3. The minimum absolute atomic E-state index is 0.951. The van der Waals surface area contributed by atoms with Gasteiger partial charge in [-0.2, -0.15) is 0 Å². The Labute approximate surface area is 85.1 Å². The Morgan fingerprint density at radius 1 is 1.43 bits per heavy atom. The molecule has 0 unspecified atom stereocenters. The van der Waals surface area contributed by atoms with Gasteiger partial charge in [0.1, 0.15) is 0 Å². The van der Waals surface area contributed by atoms with Crippen LogP contribution in [0.15, 0.2) is 18.3 Å². The van der Waals surface area contributed by atoms with E-state index in [1.54, 1.807) is 0 Å². The molecule has 3 nitrogen and oxygen atoms in total. The largest absolute Gasteiger partial charge is 0.382 e.